The Labute approximate surface area is 188 Å². The minimum absolute atomic E-state index is 0.306. The maximum absolute atomic E-state index is 6.21. The van der Waals surface area contributed by atoms with Gasteiger partial charge in [-0.1, -0.05) is 6.07 Å². The number of nitrogens with zero attached hydrogens (tertiary/aromatic N) is 9. The van der Waals surface area contributed by atoms with Crippen molar-refractivity contribution in [3.63, 3.8) is 0 Å². The molecule has 0 unspecified atom stereocenters. The number of hydrogen-bond acceptors (Lipinski definition) is 9. The third-order valence-corrected chi connectivity index (χ3v) is 5.84. The Bertz CT molecular complexity index is 1450. The molecule has 1 aliphatic heterocycles. The Balaban J connectivity index is 1.54. The Morgan fingerprint density at radius 2 is 2.00 bits per heavy atom. The van der Waals surface area contributed by atoms with E-state index >= 15 is 0 Å². The lowest BCUT2D eigenvalue weighted by Crippen LogP contribution is -2.36. The Morgan fingerprint density at radius 3 is 2.82 bits per heavy atom. The van der Waals surface area contributed by atoms with Gasteiger partial charge in [-0.15, -0.1) is 10.2 Å². The SMILES string of the molecule is Cc1nnc2c(N)nc(-c3nc4cnc(N5CCOCC5)cc4n3Cc3cccnc3)cn12. The van der Waals surface area contributed by atoms with Crippen LogP contribution >= 0.6 is 0 Å². The number of anilines is 2. The van der Waals surface area contributed by atoms with Crippen molar-refractivity contribution < 1.29 is 4.74 Å². The molecular weight excluding hydrogens is 420 g/mol. The number of aryl methyl sites for hydroxylation is 1. The number of pyridine rings is 2. The van der Waals surface area contributed by atoms with E-state index in [4.69, 9.17) is 15.5 Å². The fourth-order valence-corrected chi connectivity index (χ4v) is 4.15. The topological polar surface area (TPSA) is 125 Å². The zero-order chi connectivity index (χ0) is 22.4. The van der Waals surface area contributed by atoms with Gasteiger partial charge in [0.25, 0.3) is 0 Å². The molecule has 0 spiro atoms. The number of ether oxygens (including phenoxy) is 1. The van der Waals surface area contributed by atoms with Crippen LogP contribution in [0.15, 0.2) is 43.0 Å². The zero-order valence-corrected chi connectivity index (χ0v) is 18.1. The van der Waals surface area contributed by atoms with E-state index in [-0.39, 0.29) is 0 Å². The van der Waals surface area contributed by atoms with Gasteiger partial charge in [-0.3, -0.25) is 9.38 Å². The number of rotatable bonds is 4. The molecule has 33 heavy (non-hydrogen) atoms. The molecule has 0 aromatic carbocycles. The van der Waals surface area contributed by atoms with Gasteiger partial charge in [-0.25, -0.2) is 15.0 Å². The Hall–Kier alpha value is -4.12. The molecule has 2 N–H and O–H groups in total. The minimum atomic E-state index is 0.306. The monoisotopic (exact) mass is 442 g/mol. The van der Waals surface area contributed by atoms with Gasteiger partial charge in [0.2, 0.25) is 5.65 Å². The fraction of sp³-hybridized carbons (Fsp3) is 0.273. The number of fused-ring (bicyclic) bond motifs is 2. The van der Waals surface area contributed by atoms with E-state index in [1.807, 2.05) is 42.0 Å². The van der Waals surface area contributed by atoms with E-state index in [2.05, 4.69) is 40.7 Å². The van der Waals surface area contributed by atoms with Crippen LogP contribution in [0.2, 0.25) is 0 Å². The van der Waals surface area contributed by atoms with Crippen LogP contribution in [0.3, 0.4) is 0 Å². The molecule has 0 atom stereocenters. The summed E-state index contributed by atoms with van der Waals surface area (Å²) in [5.74, 6) is 2.63. The molecule has 166 valence electrons. The Kier molecular flexibility index (Phi) is 4.61. The summed E-state index contributed by atoms with van der Waals surface area (Å²) in [6.45, 7) is 5.46. The lowest BCUT2D eigenvalue weighted by atomic mass is 10.2. The number of aromatic nitrogens is 8. The van der Waals surface area contributed by atoms with Crippen LogP contribution in [0.4, 0.5) is 11.6 Å². The summed E-state index contributed by atoms with van der Waals surface area (Å²) in [6, 6.07) is 6.05. The molecule has 6 heterocycles. The van der Waals surface area contributed by atoms with E-state index in [1.54, 1.807) is 6.20 Å². The van der Waals surface area contributed by atoms with Gasteiger partial charge in [0.15, 0.2) is 11.6 Å². The fourth-order valence-electron chi connectivity index (χ4n) is 4.15. The summed E-state index contributed by atoms with van der Waals surface area (Å²) < 4.78 is 9.46. The highest BCUT2D eigenvalue weighted by atomic mass is 16.5. The van der Waals surface area contributed by atoms with Gasteiger partial charge in [-0.05, 0) is 18.6 Å². The van der Waals surface area contributed by atoms with Crippen molar-refractivity contribution in [2.24, 2.45) is 0 Å². The molecule has 11 nitrogen and oxygen atoms in total. The summed E-state index contributed by atoms with van der Waals surface area (Å²) in [4.78, 5) is 20.7. The maximum atomic E-state index is 6.21. The highest BCUT2D eigenvalue weighted by Crippen LogP contribution is 2.28. The predicted molar refractivity (Wildman–Crippen MR) is 123 cm³/mol. The van der Waals surface area contributed by atoms with Crippen molar-refractivity contribution in [1.82, 2.24) is 39.1 Å². The van der Waals surface area contributed by atoms with Crippen LogP contribution in [0, 0.1) is 6.92 Å². The highest BCUT2D eigenvalue weighted by molar-refractivity contribution is 5.82. The average Bonchev–Trinajstić information content (AvgIpc) is 3.41. The van der Waals surface area contributed by atoms with Gasteiger partial charge in [0.1, 0.15) is 22.9 Å². The zero-order valence-electron chi connectivity index (χ0n) is 18.1. The van der Waals surface area contributed by atoms with Crippen molar-refractivity contribution in [1.29, 1.82) is 0 Å². The second kappa shape index (κ2) is 7.78. The van der Waals surface area contributed by atoms with Gasteiger partial charge < -0.3 is 19.9 Å². The highest BCUT2D eigenvalue weighted by Gasteiger charge is 2.20. The normalized spacial score (nSPS) is 14.4. The number of imidazole rings is 1. The van der Waals surface area contributed by atoms with Crippen molar-refractivity contribution in [3.8, 4) is 11.5 Å². The molecule has 1 aliphatic rings. The largest absolute Gasteiger partial charge is 0.381 e. The minimum Gasteiger partial charge on any atom is -0.381 e. The summed E-state index contributed by atoms with van der Waals surface area (Å²) in [5.41, 5.74) is 10.2. The van der Waals surface area contributed by atoms with Crippen LogP contribution in [-0.2, 0) is 11.3 Å². The third-order valence-electron chi connectivity index (χ3n) is 5.84. The molecule has 0 amide bonds. The van der Waals surface area contributed by atoms with Gasteiger partial charge in [0, 0.05) is 37.7 Å². The van der Waals surface area contributed by atoms with Crippen LogP contribution in [0.1, 0.15) is 11.4 Å². The van der Waals surface area contributed by atoms with Crippen molar-refractivity contribution >= 4 is 28.3 Å². The summed E-state index contributed by atoms with van der Waals surface area (Å²) in [6.07, 6.45) is 7.31. The molecule has 0 saturated carbocycles. The van der Waals surface area contributed by atoms with E-state index in [9.17, 15) is 0 Å². The molecule has 5 aromatic heterocycles. The maximum Gasteiger partial charge on any atom is 0.203 e. The quantitative estimate of drug-likeness (QED) is 0.443. The van der Waals surface area contributed by atoms with Crippen LogP contribution in [0.5, 0.6) is 0 Å². The summed E-state index contributed by atoms with van der Waals surface area (Å²) >= 11 is 0. The van der Waals surface area contributed by atoms with Crippen LogP contribution in [0.25, 0.3) is 28.2 Å². The third kappa shape index (κ3) is 3.42. The van der Waals surface area contributed by atoms with Crippen molar-refractivity contribution in [3.05, 3.63) is 54.4 Å². The van der Waals surface area contributed by atoms with Crippen LogP contribution < -0.4 is 10.6 Å². The number of nitrogen functional groups attached to an aromatic ring is 1. The number of hydrogen-bond donors (Lipinski definition) is 1. The molecule has 11 heteroatoms. The molecule has 6 rings (SSSR count). The predicted octanol–water partition coefficient (Wildman–Crippen LogP) is 1.71. The second-order valence-electron chi connectivity index (χ2n) is 7.97. The first-order chi connectivity index (χ1) is 16.2. The first-order valence-corrected chi connectivity index (χ1v) is 10.7. The molecule has 0 radical (unpaired) electrons. The van der Waals surface area contributed by atoms with Crippen molar-refractivity contribution in [2.75, 3.05) is 36.9 Å². The molecule has 0 bridgehead atoms. The summed E-state index contributed by atoms with van der Waals surface area (Å²) in [5, 5.41) is 8.23. The smallest absolute Gasteiger partial charge is 0.203 e. The van der Waals surface area contributed by atoms with E-state index < -0.39 is 0 Å². The van der Waals surface area contributed by atoms with Crippen molar-refractivity contribution in [2.45, 2.75) is 13.5 Å². The molecule has 1 saturated heterocycles. The molecule has 5 aromatic rings. The van der Waals surface area contributed by atoms with Gasteiger partial charge >= 0.3 is 0 Å². The molecule has 0 aliphatic carbocycles. The average molecular weight is 442 g/mol. The second-order valence-corrected chi connectivity index (χ2v) is 7.97. The molecular formula is C22H22N10O. The van der Waals surface area contributed by atoms with E-state index in [0.29, 0.717) is 42.7 Å². The number of nitrogens with two attached hydrogens (primary N) is 1. The molecule has 1 fully saturated rings. The first-order valence-electron chi connectivity index (χ1n) is 10.7. The summed E-state index contributed by atoms with van der Waals surface area (Å²) in [7, 11) is 0. The number of morpholine rings is 1. The van der Waals surface area contributed by atoms with Crippen LogP contribution in [-0.4, -0.2) is 65.4 Å². The van der Waals surface area contributed by atoms with E-state index in [0.717, 1.165) is 41.3 Å². The lowest BCUT2D eigenvalue weighted by Gasteiger charge is -2.27. The first kappa shape index (κ1) is 19.6. The lowest BCUT2D eigenvalue weighted by molar-refractivity contribution is 0.122. The standard InChI is InChI=1S/C22H22N10O/c1-14-28-29-22-20(23)26-17(13-31(14)22)21-27-16-11-25-19(30-5-7-33-8-6-30)9-18(16)32(21)12-15-3-2-4-24-10-15/h2-4,9-11,13H,5-8,12H2,1H3,(H2,23,26). The van der Waals surface area contributed by atoms with Gasteiger partial charge in [0.05, 0.1) is 31.5 Å². The van der Waals surface area contributed by atoms with Gasteiger partial charge in [-0.2, -0.15) is 0 Å². The Morgan fingerprint density at radius 1 is 1.12 bits per heavy atom. The van der Waals surface area contributed by atoms with E-state index in [1.165, 1.54) is 0 Å².